The first-order valence-electron chi connectivity index (χ1n) is 9.37. The van der Waals surface area contributed by atoms with Crippen LogP contribution in [0.15, 0.2) is 12.2 Å². The summed E-state index contributed by atoms with van der Waals surface area (Å²) in [6.07, 6.45) is 6.64. The number of carbonyl (C=O) groups is 1. The quantitative estimate of drug-likeness (QED) is 0.673. The number of aliphatic carboxylic acids is 1. The number of aliphatic hydroxyl groups excluding tert-OH is 1. The topological polar surface area (TPSA) is 77.8 Å². The number of hydrogen-bond acceptors (Lipinski definition) is 3. The zero-order chi connectivity index (χ0) is 17.8. The van der Waals surface area contributed by atoms with Crippen molar-refractivity contribution in [2.45, 2.75) is 70.8 Å². The summed E-state index contributed by atoms with van der Waals surface area (Å²) in [6, 6.07) is 0. The van der Waals surface area contributed by atoms with Crippen molar-refractivity contribution in [3.63, 3.8) is 0 Å². The number of hydrogen-bond donors (Lipinski definition) is 3. The van der Waals surface area contributed by atoms with Gasteiger partial charge in [0.2, 0.25) is 0 Å². The summed E-state index contributed by atoms with van der Waals surface area (Å²) in [5.41, 5.74) is 0.221. The summed E-state index contributed by atoms with van der Waals surface area (Å²) >= 11 is 0. The van der Waals surface area contributed by atoms with Gasteiger partial charge >= 0.3 is 5.97 Å². The van der Waals surface area contributed by atoms with Crippen LogP contribution in [0.1, 0.15) is 65.2 Å². The van der Waals surface area contributed by atoms with Gasteiger partial charge in [-0.1, -0.05) is 19.1 Å². The molecule has 136 valence electrons. The fourth-order valence-electron chi connectivity index (χ4n) is 6.82. The van der Waals surface area contributed by atoms with E-state index in [1.54, 1.807) is 0 Å². The molecule has 0 aromatic rings. The highest BCUT2D eigenvalue weighted by Gasteiger charge is 2.64. The van der Waals surface area contributed by atoms with Crippen LogP contribution in [0.5, 0.6) is 0 Å². The second kappa shape index (κ2) is 5.84. The highest BCUT2D eigenvalue weighted by atomic mass is 16.4. The molecule has 0 aromatic heterocycles. The third-order valence-electron chi connectivity index (χ3n) is 7.94. The molecule has 0 heterocycles. The molecule has 3 N–H and O–H groups in total. The van der Waals surface area contributed by atoms with Crippen LogP contribution in [-0.4, -0.2) is 33.5 Å². The van der Waals surface area contributed by atoms with Gasteiger partial charge in [-0.05, 0) is 80.5 Å². The van der Waals surface area contributed by atoms with Gasteiger partial charge in [0.25, 0.3) is 0 Å². The lowest BCUT2D eigenvalue weighted by atomic mass is 9.38. The molecule has 0 aromatic carbocycles. The van der Waals surface area contributed by atoms with Crippen molar-refractivity contribution in [2.75, 3.05) is 6.61 Å². The van der Waals surface area contributed by atoms with Crippen LogP contribution in [-0.2, 0) is 4.79 Å². The van der Waals surface area contributed by atoms with Crippen LogP contribution >= 0.6 is 0 Å². The number of carboxylic acid groups (broad SMARTS) is 1. The molecule has 0 radical (unpaired) electrons. The van der Waals surface area contributed by atoms with E-state index in [1.165, 1.54) is 0 Å². The molecule has 4 heteroatoms. The molecular formula is C20H32O4. The number of aliphatic hydroxyl groups is 2. The third-order valence-corrected chi connectivity index (χ3v) is 7.94. The molecule has 4 nitrogen and oxygen atoms in total. The number of fused-ring (bicyclic) bond motifs is 2. The summed E-state index contributed by atoms with van der Waals surface area (Å²) < 4.78 is 0. The minimum atomic E-state index is -0.932. The third kappa shape index (κ3) is 2.53. The Labute approximate surface area is 145 Å². The molecular weight excluding hydrogens is 304 g/mol. The Morgan fingerprint density at radius 1 is 1.29 bits per heavy atom. The first kappa shape index (κ1) is 17.9. The van der Waals surface area contributed by atoms with E-state index in [4.69, 9.17) is 0 Å². The van der Waals surface area contributed by atoms with Gasteiger partial charge < -0.3 is 15.3 Å². The minimum Gasteiger partial charge on any atom is -0.481 e. The van der Waals surface area contributed by atoms with E-state index in [0.29, 0.717) is 24.7 Å². The monoisotopic (exact) mass is 336 g/mol. The second-order valence-corrected chi connectivity index (χ2v) is 9.16. The van der Waals surface area contributed by atoms with E-state index in [0.717, 1.165) is 37.7 Å². The van der Waals surface area contributed by atoms with E-state index in [2.05, 4.69) is 20.4 Å². The zero-order valence-corrected chi connectivity index (χ0v) is 15.1. The molecule has 0 aliphatic heterocycles. The van der Waals surface area contributed by atoms with Crippen molar-refractivity contribution < 1.29 is 20.1 Å². The highest BCUT2D eigenvalue weighted by molar-refractivity contribution is 5.66. The van der Waals surface area contributed by atoms with E-state index >= 15 is 0 Å². The van der Waals surface area contributed by atoms with Crippen LogP contribution in [0.25, 0.3) is 0 Å². The summed E-state index contributed by atoms with van der Waals surface area (Å²) in [5, 5.41) is 29.9. The van der Waals surface area contributed by atoms with Crippen LogP contribution in [0, 0.1) is 28.6 Å². The van der Waals surface area contributed by atoms with Gasteiger partial charge in [-0.3, -0.25) is 4.79 Å². The molecule has 4 aliphatic rings. The fourth-order valence-corrected chi connectivity index (χ4v) is 6.82. The van der Waals surface area contributed by atoms with Crippen LogP contribution < -0.4 is 0 Å². The van der Waals surface area contributed by atoms with Gasteiger partial charge in [-0.25, -0.2) is 0 Å². The molecule has 24 heavy (non-hydrogen) atoms. The van der Waals surface area contributed by atoms with Gasteiger partial charge in [-0.15, -0.1) is 0 Å². The van der Waals surface area contributed by atoms with Crippen molar-refractivity contribution in [2.24, 2.45) is 28.6 Å². The first-order chi connectivity index (χ1) is 11.2. The number of rotatable bonds is 5. The molecule has 0 amide bonds. The zero-order valence-electron chi connectivity index (χ0n) is 15.1. The van der Waals surface area contributed by atoms with Crippen molar-refractivity contribution in [3.05, 3.63) is 12.2 Å². The van der Waals surface area contributed by atoms with Gasteiger partial charge in [0.1, 0.15) is 0 Å². The molecule has 4 aliphatic carbocycles. The Kier molecular flexibility index (Phi) is 4.37. The minimum absolute atomic E-state index is 0.0609. The number of carboxylic acids is 1. The average molecular weight is 336 g/mol. The molecule has 6 atom stereocenters. The number of allylic oxidation sites excluding steroid dienone is 1. The van der Waals surface area contributed by atoms with Crippen LogP contribution in [0.2, 0.25) is 0 Å². The maximum atomic E-state index is 11.2. The molecule has 1 spiro atoms. The second-order valence-electron chi connectivity index (χ2n) is 9.16. The van der Waals surface area contributed by atoms with Gasteiger partial charge in [0, 0.05) is 6.42 Å². The lowest BCUT2D eigenvalue weighted by Crippen LogP contribution is -2.64. The molecule has 2 bridgehead atoms. The van der Waals surface area contributed by atoms with Crippen molar-refractivity contribution in [1.82, 2.24) is 0 Å². The average Bonchev–Trinajstić information content (AvgIpc) is 2.52. The predicted molar refractivity (Wildman–Crippen MR) is 92.4 cm³/mol. The van der Waals surface area contributed by atoms with Gasteiger partial charge in [0.15, 0.2) is 0 Å². The van der Waals surface area contributed by atoms with Crippen molar-refractivity contribution >= 4 is 5.97 Å². The van der Waals surface area contributed by atoms with Gasteiger partial charge in [0.05, 0.1) is 12.2 Å². The van der Waals surface area contributed by atoms with E-state index in [1.807, 2.05) is 0 Å². The summed E-state index contributed by atoms with van der Waals surface area (Å²) in [4.78, 5) is 11.2. The summed E-state index contributed by atoms with van der Waals surface area (Å²) in [7, 11) is 0. The van der Waals surface area contributed by atoms with E-state index < -0.39 is 11.6 Å². The van der Waals surface area contributed by atoms with Crippen molar-refractivity contribution in [1.29, 1.82) is 0 Å². The molecule has 0 unspecified atom stereocenters. The van der Waals surface area contributed by atoms with E-state index in [-0.39, 0.29) is 29.8 Å². The largest absolute Gasteiger partial charge is 0.481 e. The molecule has 0 saturated heterocycles. The Balaban J connectivity index is 1.96. The molecule has 4 saturated carbocycles. The fraction of sp³-hybridized carbons (Fsp3) is 0.850. The van der Waals surface area contributed by atoms with Gasteiger partial charge in [-0.2, -0.15) is 0 Å². The lowest BCUT2D eigenvalue weighted by molar-refractivity contribution is -0.224. The van der Waals surface area contributed by atoms with E-state index in [9.17, 15) is 20.1 Å². The van der Waals surface area contributed by atoms with Crippen molar-refractivity contribution in [3.8, 4) is 0 Å². The maximum absolute atomic E-state index is 11.2. The smallest absolute Gasteiger partial charge is 0.303 e. The lowest BCUT2D eigenvalue weighted by Gasteiger charge is -2.67. The SMILES string of the molecule is C=C(C)[C@H]1CC[C@]23CC[C@H](C[C@@H]2[C@]1(C)CCC(=O)O)[C@@](O)(CO)C3. The summed E-state index contributed by atoms with van der Waals surface area (Å²) in [5.74, 6) is 0.186. The van der Waals surface area contributed by atoms with Crippen LogP contribution in [0.3, 0.4) is 0 Å². The Hall–Kier alpha value is -0.870. The Bertz CT molecular complexity index is 544. The van der Waals surface area contributed by atoms with Crippen LogP contribution in [0.4, 0.5) is 0 Å². The standard InChI is InChI=1S/C20H32O4/c1-13(2)15-5-9-19-8-4-14(20(24,11-19)12-21)10-16(19)18(15,3)7-6-17(22)23/h14-16,21,24H,1,4-12H2,2-3H3,(H,22,23)/t14-,15-,16-,18-,19+,20+/m1/s1. The Morgan fingerprint density at radius 2 is 1.96 bits per heavy atom. The normalized spacial score (nSPS) is 47.2. The Morgan fingerprint density at radius 3 is 2.54 bits per heavy atom. The first-order valence-corrected chi connectivity index (χ1v) is 9.37. The maximum Gasteiger partial charge on any atom is 0.303 e. The molecule has 4 fully saturated rings. The highest BCUT2D eigenvalue weighted by Crippen LogP contribution is 2.69. The predicted octanol–water partition coefficient (Wildman–Crippen LogP) is 3.37. The summed E-state index contributed by atoms with van der Waals surface area (Å²) in [6.45, 7) is 8.40. The molecule has 4 rings (SSSR count).